The molecule has 1 heterocycles. The van der Waals surface area contributed by atoms with E-state index in [4.69, 9.17) is 0 Å². The second kappa shape index (κ2) is 6.07. The summed E-state index contributed by atoms with van der Waals surface area (Å²) >= 11 is 0. The number of carbonyl (C=O) groups excluding carboxylic acids is 2. The molecule has 0 atom stereocenters. The van der Waals surface area contributed by atoms with Crippen LogP contribution in [0.5, 0.6) is 0 Å². The smallest absolute Gasteiger partial charge is 0.231 e. The van der Waals surface area contributed by atoms with Gasteiger partial charge in [0.1, 0.15) is 11.6 Å². The Labute approximate surface area is 145 Å². The van der Waals surface area contributed by atoms with E-state index in [1.54, 1.807) is 4.90 Å². The lowest BCUT2D eigenvalue weighted by atomic mass is 9.77. The minimum absolute atomic E-state index is 0.0932. The number of hydrogen-bond donors (Lipinski definition) is 1. The Morgan fingerprint density at radius 3 is 2.44 bits per heavy atom. The van der Waals surface area contributed by atoms with Gasteiger partial charge in [-0.3, -0.25) is 9.59 Å². The molecule has 0 bridgehead atoms. The van der Waals surface area contributed by atoms with Crippen molar-refractivity contribution in [3.05, 3.63) is 35.4 Å². The van der Waals surface area contributed by atoms with E-state index in [9.17, 15) is 18.4 Å². The minimum Gasteiger partial charge on any atom is -0.349 e. The molecule has 0 aromatic heterocycles. The van der Waals surface area contributed by atoms with E-state index < -0.39 is 17.0 Å². The van der Waals surface area contributed by atoms with Gasteiger partial charge in [-0.2, -0.15) is 0 Å². The Morgan fingerprint density at radius 1 is 1.12 bits per heavy atom. The second-order valence-electron chi connectivity index (χ2n) is 7.60. The number of rotatable bonds is 4. The van der Waals surface area contributed by atoms with Crippen LogP contribution in [0.15, 0.2) is 18.2 Å². The van der Waals surface area contributed by atoms with Crippen LogP contribution in [0.1, 0.15) is 44.1 Å². The molecule has 1 aromatic carbocycles. The number of likely N-dealkylation sites (tertiary alicyclic amines) is 1. The fourth-order valence-electron chi connectivity index (χ4n) is 4.12. The first-order valence-corrected chi connectivity index (χ1v) is 9.05. The highest BCUT2D eigenvalue weighted by Gasteiger charge is 2.47. The summed E-state index contributed by atoms with van der Waals surface area (Å²) in [6.45, 7) is 1.03. The molecular weight excluding hydrogens is 326 g/mol. The SMILES string of the molecule is O=C(C1CC1)N1CC(NC(=O)C2(c3cc(F)ccc3F)CCCC2)C1. The number of nitrogens with one attached hydrogen (secondary N) is 1. The average molecular weight is 348 g/mol. The maximum absolute atomic E-state index is 14.3. The average Bonchev–Trinajstić information content (AvgIpc) is 3.29. The van der Waals surface area contributed by atoms with Gasteiger partial charge in [-0.1, -0.05) is 12.8 Å². The van der Waals surface area contributed by atoms with E-state index in [1.807, 2.05) is 0 Å². The Morgan fingerprint density at radius 2 is 1.80 bits per heavy atom. The van der Waals surface area contributed by atoms with Gasteiger partial charge in [0.05, 0.1) is 11.5 Å². The van der Waals surface area contributed by atoms with Gasteiger partial charge in [0.2, 0.25) is 11.8 Å². The standard InChI is InChI=1S/C19H22F2N2O2/c20-13-5-6-16(21)15(9-13)19(7-1-2-8-19)18(25)22-14-10-23(11-14)17(24)12-3-4-12/h5-6,9,12,14H,1-4,7-8,10-11H2,(H,22,25). The molecule has 2 saturated carbocycles. The zero-order valence-electron chi connectivity index (χ0n) is 14.1. The molecule has 0 unspecified atom stereocenters. The van der Waals surface area contributed by atoms with Gasteiger partial charge in [0.25, 0.3) is 0 Å². The number of halogens is 2. The summed E-state index contributed by atoms with van der Waals surface area (Å²) in [6.07, 6.45) is 4.62. The number of benzene rings is 1. The van der Waals surface area contributed by atoms with Gasteiger partial charge >= 0.3 is 0 Å². The van der Waals surface area contributed by atoms with Crippen LogP contribution in [0, 0.1) is 17.6 Å². The third kappa shape index (κ3) is 2.92. The van der Waals surface area contributed by atoms with Crippen LogP contribution in [0.4, 0.5) is 8.78 Å². The molecule has 6 heteroatoms. The molecular formula is C19H22F2N2O2. The van der Waals surface area contributed by atoms with Gasteiger partial charge in [-0.15, -0.1) is 0 Å². The van der Waals surface area contributed by atoms with E-state index in [1.165, 1.54) is 0 Å². The van der Waals surface area contributed by atoms with Crippen LogP contribution in [-0.4, -0.2) is 35.8 Å². The van der Waals surface area contributed by atoms with Gasteiger partial charge < -0.3 is 10.2 Å². The van der Waals surface area contributed by atoms with Crippen LogP contribution in [-0.2, 0) is 15.0 Å². The minimum atomic E-state index is -0.993. The van der Waals surface area contributed by atoms with Crippen molar-refractivity contribution in [3.8, 4) is 0 Å². The summed E-state index contributed by atoms with van der Waals surface area (Å²) in [4.78, 5) is 26.7. The van der Waals surface area contributed by atoms with E-state index in [2.05, 4.69) is 5.32 Å². The van der Waals surface area contributed by atoms with Crippen molar-refractivity contribution in [2.45, 2.75) is 50.0 Å². The summed E-state index contributed by atoms with van der Waals surface area (Å²) < 4.78 is 28.0. The van der Waals surface area contributed by atoms with Crippen LogP contribution in [0.2, 0.25) is 0 Å². The molecule has 3 aliphatic rings. The van der Waals surface area contributed by atoms with E-state index >= 15 is 0 Å². The maximum atomic E-state index is 14.3. The second-order valence-corrected chi connectivity index (χ2v) is 7.60. The molecule has 1 aromatic rings. The van der Waals surface area contributed by atoms with Crippen molar-refractivity contribution in [3.63, 3.8) is 0 Å². The zero-order valence-corrected chi connectivity index (χ0v) is 14.1. The zero-order chi connectivity index (χ0) is 17.6. The van der Waals surface area contributed by atoms with Crippen molar-refractivity contribution >= 4 is 11.8 Å². The molecule has 1 N–H and O–H groups in total. The number of carbonyl (C=O) groups is 2. The highest BCUT2D eigenvalue weighted by atomic mass is 19.1. The molecule has 25 heavy (non-hydrogen) atoms. The van der Waals surface area contributed by atoms with Crippen LogP contribution >= 0.6 is 0 Å². The lowest BCUT2D eigenvalue weighted by Gasteiger charge is -2.41. The van der Waals surface area contributed by atoms with E-state index in [-0.39, 0.29) is 29.3 Å². The van der Waals surface area contributed by atoms with E-state index in [0.29, 0.717) is 25.9 Å². The predicted molar refractivity (Wildman–Crippen MR) is 87.7 cm³/mol. The fourth-order valence-corrected chi connectivity index (χ4v) is 4.12. The molecule has 4 nitrogen and oxygen atoms in total. The molecule has 134 valence electrons. The molecule has 3 fully saturated rings. The maximum Gasteiger partial charge on any atom is 0.231 e. The third-order valence-corrected chi connectivity index (χ3v) is 5.79. The van der Waals surface area contributed by atoms with Crippen molar-refractivity contribution in [1.29, 1.82) is 0 Å². The van der Waals surface area contributed by atoms with Gasteiger partial charge in [-0.05, 0) is 43.9 Å². The predicted octanol–water partition coefficient (Wildman–Crippen LogP) is 2.51. The lowest BCUT2D eigenvalue weighted by molar-refractivity contribution is -0.140. The fraction of sp³-hybridized carbons (Fsp3) is 0.579. The Hall–Kier alpha value is -1.98. The first kappa shape index (κ1) is 16.5. The van der Waals surface area contributed by atoms with Crippen molar-refractivity contribution < 1.29 is 18.4 Å². The number of hydrogen-bond acceptors (Lipinski definition) is 2. The Kier molecular flexibility index (Phi) is 4.01. The Balaban J connectivity index is 1.47. The van der Waals surface area contributed by atoms with Crippen molar-refractivity contribution in [2.24, 2.45) is 5.92 Å². The molecule has 0 spiro atoms. The van der Waals surface area contributed by atoms with Crippen LogP contribution < -0.4 is 5.32 Å². The van der Waals surface area contributed by atoms with Crippen LogP contribution in [0.25, 0.3) is 0 Å². The quantitative estimate of drug-likeness (QED) is 0.909. The van der Waals surface area contributed by atoms with Crippen molar-refractivity contribution in [2.75, 3.05) is 13.1 Å². The summed E-state index contributed by atoms with van der Waals surface area (Å²) in [7, 11) is 0. The summed E-state index contributed by atoms with van der Waals surface area (Å²) in [5.41, 5.74) is -0.833. The van der Waals surface area contributed by atoms with E-state index in [0.717, 1.165) is 43.9 Å². The topological polar surface area (TPSA) is 49.4 Å². The summed E-state index contributed by atoms with van der Waals surface area (Å²) in [5.74, 6) is -0.938. The van der Waals surface area contributed by atoms with Crippen molar-refractivity contribution in [1.82, 2.24) is 10.2 Å². The molecule has 4 rings (SSSR count). The molecule has 1 aliphatic heterocycles. The normalized spacial score (nSPS) is 22.6. The Bertz CT molecular complexity index is 705. The number of nitrogens with zero attached hydrogens (tertiary/aromatic N) is 1. The highest BCUT2D eigenvalue weighted by Crippen LogP contribution is 2.43. The van der Waals surface area contributed by atoms with Gasteiger partial charge in [-0.25, -0.2) is 8.78 Å². The first-order chi connectivity index (χ1) is 12.0. The lowest BCUT2D eigenvalue weighted by Crippen LogP contribution is -2.63. The summed E-state index contributed by atoms with van der Waals surface area (Å²) in [5, 5.41) is 2.97. The molecule has 0 radical (unpaired) electrons. The largest absolute Gasteiger partial charge is 0.349 e. The monoisotopic (exact) mass is 348 g/mol. The molecule has 1 saturated heterocycles. The molecule has 2 amide bonds. The molecule has 2 aliphatic carbocycles. The third-order valence-electron chi connectivity index (χ3n) is 5.79. The first-order valence-electron chi connectivity index (χ1n) is 9.05. The van der Waals surface area contributed by atoms with Crippen LogP contribution in [0.3, 0.4) is 0 Å². The highest BCUT2D eigenvalue weighted by molar-refractivity contribution is 5.89. The summed E-state index contributed by atoms with van der Waals surface area (Å²) in [6, 6.07) is 3.23. The van der Waals surface area contributed by atoms with Gasteiger partial charge in [0.15, 0.2) is 0 Å². The van der Waals surface area contributed by atoms with Gasteiger partial charge in [0, 0.05) is 24.6 Å². The number of amides is 2.